The van der Waals surface area contributed by atoms with Crippen LogP contribution in [0.15, 0.2) is 24.3 Å². The van der Waals surface area contributed by atoms with E-state index in [0.29, 0.717) is 24.5 Å². The number of hydrogen-bond donors (Lipinski definition) is 2. The second kappa shape index (κ2) is 6.22. The minimum atomic E-state index is -0.483. The van der Waals surface area contributed by atoms with Gasteiger partial charge in [-0.25, -0.2) is 4.79 Å². The van der Waals surface area contributed by atoms with E-state index < -0.39 is 5.60 Å². The van der Waals surface area contributed by atoms with Crippen molar-refractivity contribution in [1.29, 1.82) is 0 Å². The first-order valence-electron chi connectivity index (χ1n) is 7.02. The molecule has 6 nitrogen and oxygen atoms in total. The van der Waals surface area contributed by atoms with Gasteiger partial charge < -0.3 is 14.4 Å². The van der Waals surface area contributed by atoms with Crippen molar-refractivity contribution >= 4 is 11.8 Å². The maximum atomic E-state index is 12.0. The van der Waals surface area contributed by atoms with Gasteiger partial charge >= 0.3 is 6.09 Å². The van der Waals surface area contributed by atoms with Gasteiger partial charge in [0.15, 0.2) is 0 Å². The lowest BCUT2D eigenvalue weighted by atomic mass is 10.2. The lowest BCUT2D eigenvalue weighted by Gasteiger charge is -2.24. The lowest BCUT2D eigenvalue weighted by Crippen LogP contribution is -2.36. The summed E-state index contributed by atoms with van der Waals surface area (Å²) < 4.78 is 11.2. The van der Waals surface area contributed by atoms with Gasteiger partial charge in [0.25, 0.3) is 0 Å². The Balaban J connectivity index is 1.86. The molecule has 6 heteroatoms. The fourth-order valence-electron chi connectivity index (χ4n) is 2.12. The number of carbonyl (C=O) groups is 1. The molecule has 2 N–H and O–H groups in total. The Morgan fingerprint density at radius 1 is 1.33 bits per heavy atom. The molecule has 1 fully saturated rings. The average Bonchev–Trinajstić information content (AvgIpc) is 2.86. The van der Waals surface area contributed by atoms with Crippen LogP contribution < -0.4 is 10.2 Å². The van der Waals surface area contributed by atoms with Crippen LogP contribution in [0.3, 0.4) is 0 Å². The monoisotopic (exact) mass is 294 g/mol. The molecule has 1 heterocycles. The van der Waals surface area contributed by atoms with Crippen LogP contribution in [-0.2, 0) is 4.74 Å². The van der Waals surface area contributed by atoms with Gasteiger partial charge in [0, 0.05) is 13.0 Å². The Labute approximate surface area is 124 Å². The van der Waals surface area contributed by atoms with Crippen LogP contribution in [0, 0.1) is 0 Å². The van der Waals surface area contributed by atoms with Gasteiger partial charge in [-0.15, -0.1) is 0 Å². The molecule has 0 aliphatic carbocycles. The first-order valence-corrected chi connectivity index (χ1v) is 7.02. The molecule has 1 unspecified atom stereocenters. The number of benzene rings is 1. The second-order valence-corrected chi connectivity index (χ2v) is 6.09. The van der Waals surface area contributed by atoms with E-state index >= 15 is 0 Å². The first-order chi connectivity index (χ1) is 9.87. The predicted molar refractivity (Wildman–Crippen MR) is 78.7 cm³/mol. The zero-order valence-electron chi connectivity index (χ0n) is 12.6. The zero-order valence-corrected chi connectivity index (χ0v) is 12.6. The predicted octanol–water partition coefficient (Wildman–Crippen LogP) is 2.88. The number of anilines is 1. The van der Waals surface area contributed by atoms with Crippen molar-refractivity contribution < 1.29 is 19.5 Å². The van der Waals surface area contributed by atoms with Crippen molar-refractivity contribution in [1.82, 2.24) is 4.90 Å². The fourth-order valence-corrected chi connectivity index (χ4v) is 2.12. The van der Waals surface area contributed by atoms with Crippen molar-refractivity contribution in [3.8, 4) is 5.75 Å². The molecule has 0 saturated carbocycles. The molecule has 1 aliphatic heterocycles. The molecule has 1 aliphatic rings. The number of rotatable bonds is 3. The summed E-state index contributed by atoms with van der Waals surface area (Å²) in [5.74, 6) is 0.713. The molecule has 1 saturated heterocycles. The molecule has 0 radical (unpaired) electrons. The Kier molecular flexibility index (Phi) is 4.57. The molecule has 116 valence electrons. The minimum absolute atomic E-state index is 0.0366. The number of nitrogens with zero attached hydrogens (tertiary/aromatic N) is 1. The van der Waals surface area contributed by atoms with Gasteiger partial charge in [-0.2, -0.15) is 0 Å². The Morgan fingerprint density at radius 3 is 2.57 bits per heavy atom. The third-order valence-corrected chi connectivity index (χ3v) is 3.08. The summed E-state index contributed by atoms with van der Waals surface area (Å²) >= 11 is 0. The number of hydrogen-bond acceptors (Lipinski definition) is 5. The van der Waals surface area contributed by atoms with Crippen molar-refractivity contribution in [2.75, 3.05) is 18.6 Å². The number of nitrogens with one attached hydrogen (secondary N) is 1. The maximum Gasteiger partial charge on any atom is 0.410 e. The SMILES string of the molecule is CC(C)(C)OC(=O)N1CCC(Oc2ccc(NO)cc2)C1. The second-order valence-electron chi connectivity index (χ2n) is 6.09. The van der Waals surface area contributed by atoms with Crippen LogP contribution in [0.1, 0.15) is 27.2 Å². The highest BCUT2D eigenvalue weighted by molar-refractivity contribution is 5.68. The fraction of sp³-hybridized carbons (Fsp3) is 0.533. The largest absolute Gasteiger partial charge is 0.489 e. The smallest absolute Gasteiger partial charge is 0.410 e. The van der Waals surface area contributed by atoms with E-state index in [1.165, 1.54) is 0 Å². The highest BCUT2D eigenvalue weighted by Gasteiger charge is 2.30. The van der Waals surface area contributed by atoms with Gasteiger partial charge in [-0.05, 0) is 45.0 Å². The van der Waals surface area contributed by atoms with E-state index in [1.807, 2.05) is 20.8 Å². The third-order valence-electron chi connectivity index (χ3n) is 3.08. The Morgan fingerprint density at radius 2 is 2.00 bits per heavy atom. The van der Waals surface area contributed by atoms with Crippen molar-refractivity contribution in [3.63, 3.8) is 0 Å². The van der Waals surface area contributed by atoms with Gasteiger partial charge in [0.05, 0.1) is 12.2 Å². The normalized spacial score (nSPS) is 18.5. The quantitative estimate of drug-likeness (QED) is 0.839. The van der Waals surface area contributed by atoms with Crippen LogP contribution in [-0.4, -0.2) is 41.0 Å². The van der Waals surface area contributed by atoms with Crippen molar-refractivity contribution in [2.45, 2.75) is 38.9 Å². The highest BCUT2D eigenvalue weighted by atomic mass is 16.6. The van der Waals surface area contributed by atoms with E-state index in [-0.39, 0.29) is 12.2 Å². The van der Waals surface area contributed by atoms with E-state index in [0.717, 1.165) is 6.42 Å². The molecule has 1 aromatic rings. The Bertz CT molecular complexity index is 481. The number of carbonyl (C=O) groups excluding carboxylic acids is 1. The molecule has 1 amide bonds. The number of amides is 1. The molecule has 0 spiro atoms. The highest BCUT2D eigenvalue weighted by Crippen LogP contribution is 2.21. The molecular formula is C15H22N2O4. The molecule has 0 aromatic heterocycles. The summed E-state index contributed by atoms with van der Waals surface area (Å²) in [6.45, 7) is 6.72. The van der Waals surface area contributed by atoms with Crippen LogP contribution >= 0.6 is 0 Å². The zero-order chi connectivity index (χ0) is 15.5. The summed E-state index contributed by atoms with van der Waals surface area (Å²) in [6, 6.07) is 6.98. The standard InChI is InChI=1S/C15H22N2O4/c1-15(2,3)21-14(18)17-9-8-13(10-17)20-12-6-4-11(16-19)5-7-12/h4-7,13,16,19H,8-10H2,1-3H3. The van der Waals surface area contributed by atoms with Gasteiger partial charge in [0.1, 0.15) is 17.5 Å². The van der Waals surface area contributed by atoms with E-state index in [1.54, 1.807) is 29.2 Å². The summed E-state index contributed by atoms with van der Waals surface area (Å²) in [4.78, 5) is 13.6. The topological polar surface area (TPSA) is 71.0 Å². The number of likely N-dealkylation sites (tertiary alicyclic amines) is 1. The molecule has 21 heavy (non-hydrogen) atoms. The van der Waals surface area contributed by atoms with E-state index in [9.17, 15) is 4.79 Å². The molecule has 0 bridgehead atoms. The average molecular weight is 294 g/mol. The molecular weight excluding hydrogens is 272 g/mol. The number of ether oxygens (including phenoxy) is 2. The molecule has 1 aromatic carbocycles. The van der Waals surface area contributed by atoms with Crippen molar-refractivity contribution in [2.24, 2.45) is 0 Å². The van der Waals surface area contributed by atoms with Crippen LogP contribution in [0.4, 0.5) is 10.5 Å². The maximum absolute atomic E-state index is 12.0. The molecule has 2 rings (SSSR count). The van der Waals surface area contributed by atoms with Crippen LogP contribution in [0.25, 0.3) is 0 Å². The van der Waals surface area contributed by atoms with Crippen LogP contribution in [0.5, 0.6) is 5.75 Å². The lowest BCUT2D eigenvalue weighted by molar-refractivity contribution is 0.0275. The van der Waals surface area contributed by atoms with Gasteiger partial charge in [0.2, 0.25) is 0 Å². The Hall–Kier alpha value is -1.95. The van der Waals surface area contributed by atoms with Gasteiger partial charge in [-0.3, -0.25) is 10.7 Å². The van der Waals surface area contributed by atoms with E-state index in [2.05, 4.69) is 5.48 Å². The first kappa shape index (κ1) is 15.4. The third kappa shape index (κ3) is 4.53. The molecule has 1 atom stereocenters. The summed E-state index contributed by atoms with van der Waals surface area (Å²) in [6.07, 6.45) is 0.443. The summed E-state index contributed by atoms with van der Waals surface area (Å²) in [5.41, 5.74) is 2.18. The van der Waals surface area contributed by atoms with Crippen LogP contribution in [0.2, 0.25) is 0 Å². The summed E-state index contributed by atoms with van der Waals surface area (Å²) in [7, 11) is 0. The van der Waals surface area contributed by atoms with Gasteiger partial charge in [-0.1, -0.05) is 0 Å². The summed E-state index contributed by atoms with van der Waals surface area (Å²) in [5, 5.41) is 8.75. The van der Waals surface area contributed by atoms with E-state index in [4.69, 9.17) is 14.7 Å². The van der Waals surface area contributed by atoms with Crippen molar-refractivity contribution in [3.05, 3.63) is 24.3 Å². The minimum Gasteiger partial charge on any atom is -0.489 e.